The van der Waals surface area contributed by atoms with Gasteiger partial charge in [0.05, 0.1) is 17.8 Å². The average molecular weight is 303 g/mol. The van der Waals surface area contributed by atoms with Gasteiger partial charge in [-0.1, -0.05) is 41.7 Å². The van der Waals surface area contributed by atoms with Gasteiger partial charge in [0.2, 0.25) is 6.61 Å². The van der Waals surface area contributed by atoms with Crippen LogP contribution in [0.1, 0.15) is 25.3 Å². The maximum atomic E-state index is 11.2. The number of ether oxygens (including phenoxy) is 1. The second kappa shape index (κ2) is 8.77. The van der Waals surface area contributed by atoms with Crippen LogP contribution in [-0.4, -0.2) is 25.4 Å². The highest BCUT2D eigenvalue weighted by molar-refractivity contribution is 6.36. The number of hydrogen-bond acceptors (Lipinski definition) is 4. The van der Waals surface area contributed by atoms with Gasteiger partial charge in [-0.05, 0) is 18.6 Å². The number of benzene rings is 1. The van der Waals surface area contributed by atoms with Gasteiger partial charge < -0.3 is 9.57 Å². The quantitative estimate of drug-likeness (QED) is 0.335. The summed E-state index contributed by atoms with van der Waals surface area (Å²) in [5, 5.41) is 4.48. The lowest BCUT2D eigenvalue weighted by Gasteiger charge is -2.02. The summed E-state index contributed by atoms with van der Waals surface area (Å²) >= 11 is 11.6. The van der Waals surface area contributed by atoms with Crippen LogP contribution in [-0.2, 0) is 14.4 Å². The molecule has 1 aromatic rings. The van der Waals surface area contributed by atoms with E-state index in [2.05, 4.69) is 11.2 Å². The molecule has 6 heteroatoms. The van der Waals surface area contributed by atoms with Gasteiger partial charge in [-0.2, -0.15) is 0 Å². The molecule has 19 heavy (non-hydrogen) atoms. The molecule has 0 saturated heterocycles. The van der Waals surface area contributed by atoms with Gasteiger partial charge >= 0.3 is 5.97 Å². The van der Waals surface area contributed by atoms with Gasteiger partial charge in [0.25, 0.3) is 0 Å². The molecule has 0 amide bonds. The van der Waals surface area contributed by atoms with Crippen LogP contribution >= 0.6 is 23.2 Å². The highest BCUT2D eigenvalue weighted by atomic mass is 35.5. The van der Waals surface area contributed by atoms with Crippen molar-refractivity contribution in [1.82, 2.24) is 0 Å². The Morgan fingerprint density at radius 1 is 1.53 bits per heavy atom. The van der Waals surface area contributed by atoms with E-state index in [0.717, 1.165) is 12.8 Å². The van der Waals surface area contributed by atoms with Crippen LogP contribution in [0.15, 0.2) is 17.3 Å². The first-order valence-corrected chi connectivity index (χ1v) is 6.56. The van der Waals surface area contributed by atoms with E-state index in [1.165, 1.54) is 6.21 Å². The van der Waals surface area contributed by atoms with Crippen molar-refractivity contribution >= 4 is 35.4 Å². The van der Waals surface area contributed by atoms with Crippen molar-refractivity contribution in [3.63, 3.8) is 0 Å². The van der Waals surface area contributed by atoms with Crippen molar-refractivity contribution in [3.8, 4) is 0 Å². The molecule has 0 fully saturated rings. The molecule has 0 saturated carbocycles. The summed E-state index contributed by atoms with van der Waals surface area (Å²) in [7, 11) is 0. The van der Waals surface area contributed by atoms with E-state index < -0.39 is 5.97 Å². The molecule has 0 aliphatic rings. The van der Waals surface area contributed by atoms with E-state index in [-0.39, 0.29) is 6.61 Å². The molecule has 0 aliphatic carbocycles. The Bertz CT molecular complexity index is 450. The Labute approximate surface area is 122 Å². The summed E-state index contributed by atoms with van der Waals surface area (Å²) in [6, 6.07) is 5.89. The smallest absolute Gasteiger partial charge is 0.347 e. The van der Waals surface area contributed by atoms with Crippen molar-refractivity contribution in [2.24, 2.45) is 5.16 Å². The number of halogens is 2. The molecule has 0 N–H and O–H groups in total. The van der Waals surface area contributed by atoms with Crippen LogP contribution < -0.4 is 0 Å². The molecule has 1 rings (SSSR count). The minimum Gasteiger partial charge on any atom is -0.463 e. The number of carbonyl (C=O) groups excluding carboxylic acids is 1. The van der Waals surface area contributed by atoms with E-state index >= 15 is 0 Å². The van der Waals surface area contributed by atoms with Gasteiger partial charge in [0.1, 0.15) is 0 Å². The lowest BCUT2D eigenvalue weighted by molar-refractivity contribution is -0.149. The summed E-state index contributed by atoms with van der Waals surface area (Å²) < 4.78 is 4.89. The zero-order chi connectivity index (χ0) is 14.1. The monoisotopic (exact) mass is 302 g/mol. The molecule has 103 valence electrons. The second-order valence-corrected chi connectivity index (χ2v) is 4.48. The third-order valence-corrected chi connectivity index (χ3v) is 2.65. The molecule has 4 nitrogen and oxygen atoms in total. The maximum absolute atomic E-state index is 11.2. The van der Waals surface area contributed by atoms with Crippen molar-refractivity contribution in [2.45, 2.75) is 19.8 Å². The van der Waals surface area contributed by atoms with Crippen LogP contribution in [0, 0.1) is 6.07 Å². The summed E-state index contributed by atoms with van der Waals surface area (Å²) in [6.07, 6.45) is 3.19. The Morgan fingerprint density at radius 3 is 3.00 bits per heavy atom. The Morgan fingerprint density at radius 2 is 2.32 bits per heavy atom. The molecule has 0 bridgehead atoms. The Hall–Kier alpha value is -1.26. The van der Waals surface area contributed by atoms with Gasteiger partial charge in [-0.3, -0.25) is 0 Å². The number of hydrogen-bond donors (Lipinski definition) is 0. The number of nitrogens with zero attached hydrogens (tertiary/aromatic N) is 1. The van der Waals surface area contributed by atoms with E-state index in [1.54, 1.807) is 12.1 Å². The fourth-order valence-corrected chi connectivity index (χ4v) is 1.54. The molecule has 0 spiro atoms. The molecule has 0 atom stereocenters. The topological polar surface area (TPSA) is 47.9 Å². The van der Waals surface area contributed by atoms with Crippen molar-refractivity contribution in [1.29, 1.82) is 0 Å². The molecule has 1 radical (unpaired) electrons. The first-order valence-electron chi connectivity index (χ1n) is 5.81. The molecular formula is C13H14Cl2NO3. The lowest BCUT2D eigenvalue weighted by atomic mass is 10.2. The standard InChI is InChI=1S/C13H14Cl2NO3/c1-2-3-6-18-13(17)9-19-16-8-10-4-5-11(14)7-12(10)15/h4,7-8H,2-3,6,9H2,1H3. The highest BCUT2D eigenvalue weighted by Crippen LogP contribution is 2.18. The van der Waals surface area contributed by atoms with Gasteiger partial charge in [-0.25, -0.2) is 4.79 Å². The van der Waals surface area contributed by atoms with Crippen LogP contribution in [0.5, 0.6) is 0 Å². The highest BCUT2D eigenvalue weighted by Gasteiger charge is 2.02. The fraction of sp³-hybridized carbons (Fsp3) is 0.385. The Balaban J connectivity index is 2.32. The molecule has 0 aliphatic heterocycles. The van der Waals surface area contributed by atoms with Crippen LogP contribution in [0.2, 0.25) is 10.0 Å². The van der Waals surface area contributed by atoms with Crippen molar-refractivity contribution in [2.75, 3.05) is 13.2 Å². The summed E-state index contributed by atoms with van der Waals surface area (Å²) in [5.41, 5.74) is 0.602. The third kappa shape index (κ3) is 6.45. The number of oxime groups is 1. The lowest BCUT2D eigenvalue weighted by Crippen LogP contribution is -2.11. The Kier molecular flexibility index (Phi) is 7.30. The molecule has 0 heterocycles. The average Bonchev–Trinajstić information content (AvgIpc) is 2.37. The largest absolute Gasteiger partial charge is 0.463 e. The fourth-order valence-electron chi connectivity index (χ4n) is 1.11. The third-order valence-electron chi connectivity index (χ3n) is 2.10. The SMILES string of the molecule is CCCCOC(=O)CON=Cc1c[c]c(Cl)cc1Cl. The van der Waals surface area contributed by atoms with E-state index in [1.807, 2.05) is 6.92 Å². The van der Waals surface area contributed by atoms with Gasteiger partial charge in [-0.15, -0.1) is 0 Å². The molecular weight excluding hydrogens is 289 g/mol. The number of carbonyl (C=O) groups is 1. The van der Waals surface area contributed by atoms with E-state index in [4.69, 9.17) is 32.8 Å². The minimum absolute atomic E-state index is 0.227. The van der Waals surface area contributed by atoms with Crippen molar-refractivity contribution in [3.05, 3.63) is 33.8 Å². The zero-order valence-electron chi connectivity index (χ0n) is 10.5. The van der Waals surface area contributed by atoms with Crippen LogP contribution in [0.3, 0.4) is 0 Å². The summed E-state index contributed by atoms with van der Waals surface area (Å²) in [6.45, 7) is 2.19. The van der Waals surface area contributed by atoms with Gasteiger partial charge in [0, 0.05) is 16.7 Å². The molecule has 0 unspecified atom stereocenters. The van der Waals surface area contributed by atoms with Gasteiger partial charge in [0.15, 0.2) is 0 Å². The predicted molar refractivity (Wildman–Crippen MR) is 74.7 cm³/mol. The maximum Gasteiger partial charge on any atom is 0.347 e. The van der Waals surface area contributed by atoms with Crippen LogP contribution in [0.25, 0.3) is 0 Å². The van der Waals surface area contributed by atoms with E-state index in [9.17, 15) is 4.79 Å². The normalized spacial score (nSPS) is 10.7. The minimum atomic E-state index is -0.445. The predicted octanol–water partition coefficient (Wildman–Crippen LogP) is 3.49. The first kappa shape index (κ1) is 15.8. The number of esters is 1. The summed E-state index contributed by atoms with van der Waals surface area (Å²) in [4.78, 5) is 16.0. The molecule has 1 aromatic carbocycles. The molecule has 0 aromatic heterocycles. The number of unbranched alkanes of at least 4 members (excludes halogenated alkanes) is 1. The van der Waals surface area contributed by atoms with Crippen molar-refractivity contribution < 1.29 is 14.4 Å². The zero-order valence-corrected chi connectivity index (χ0v) is 12.0. The first-order chi connectivity index (χ1) is 9.13. The van der Waals surface area contributed by atoms with Crippen LogP contribution in [0.4, 0.5) is 0 Å². The summed E-state index contributed by atoms with van der Waals surface area (Å²) in [5.74, 6) is -0.445. The number of rotatable bonds is 7. The van der Waals surface area contributed by atoms with E-state index in [0.29, 0.717) is 22.2 Å². The second-order valence-electron chi connectivity index (χ2n) is 3.67.